The Morgan fingerprint density at radius 3 is 2.69 bits per heavy atom. The number of hydroxylamine groups is 2. The number of rotatable bonds is 4. The lowest BCUT2D eigenvalue weighted by atomic mass is 10.1. The molecule has 7 heteroatoms. The zero-order chi connectivity index (χ0) is 17.9. The van der Waals surface area contributed by atoms with E-state index in [9.17, 15) is 9.18 Å². The molecular formula is C19H17FN4O2. The maximum Gasteiger partial charge on any atom is 0.250 e. The van der Waals surface area contributed by atoms with Gasteiger partial charge in [0.1, 0.15) is 11.5 Å². The van der Waals surface area contributed by atoms with Gasteiger partial charge in [0.05, 0.1) is 31.8 Å². The van der Waals surface area contributed by atoms with Crippen LogP contribution in [-0.4, -0.2) is 39.1 Å². The molecular weight excluding hydrogens is 335 g/mol. The molecule has 1 aliphatic heterocycles. The third-order valence-corrected chi connectivity index (χ3v) is 4.30. The second kappa shape index (κ2) is 7.05. The number of halogens is 1. The molecule has 1 amide bonds. The van der Waals surface area contributed by atoms with Crippen LogP contribution in [0, 0.1) is 5.82 Å². The highest BCUT2D eigenvalue weighted by Crippen LogP contribution is 2.21. The van der Waals surface area contributed by atoms with E-state index in [1.165, 1.54) is 17.2 Å². The van der Waals surface area contributed by atoms with Crippen molar-refractivity contribution >= 4 is 5.91 Å². The van der Waals surface area contributed by atoms with Gasteiger partial charge in [-0.15, -0.1) is 5.10 Å². The van der Waals surface area contributed by atoms with Gasteiger partial charge in [0, 0.05) is 5.56 Å². The van der Waals surface area contributed by atoms with E-state index in [2.05, 4.69) is 10.3 Å². The lowest BCUT2D eigenvalue weighted by Gasteiger charge is -2.14. The molecule has 26 heavy (non-hydrogen) atoms. The smallest absolute Gasteiger partial charge is 0.250 e. The molecule has 2 heterocycles. The summed E-state index contributed by atoms with van der Waals surface area (Å²) < 4.78 is 14.7. The van der Waals surface area contributed by atoms with Crippen LogP contribution in [0.2, 0.25) is 0 Å². The van der Waals surface area contributed by atoms with Gasteiger partial charge in [0.15, 0.2) is 0 Å². The summed E-state index contributed by atoms with van der Waals surface area (Å²) in [6, 6.07) is 15.6. The molecule has 1 atom stereocenters. The zero-order valence-corrected chi connectivity index (χ0v) is 14.0. The maximum absolute atomic E-state index is 13.0. The van der Waals surface area contributed by atoms with Gasteiger partial charge in [0.25, 0.3) is 5.91 Å². The van der Waals surface area contributed by atoms with Gasteiger partial charge in [-0.2, -0.15) is 0 Å². The van der Waals surface area contributed by atoms with Crippen LogP contribution < -0.4 is 0 Å². The monoisotopic (exact) mass is 352 g/mol. The molecule has 0 radical (unpaired) electrons. The predicted octanol–water partition coefficient (Wildman–Crippen LogP) is 2.64. The molecule has 2 aromatic carbocycles. The Labute approximate surface area is 149 Å². The van der Waals surface area contributed by atoms with Crippen LogP contribution in [0.25, 0.3) is 11.3 Å². The van der Waals surface area contributed by atoms with Crippen molar-refractivity contribution in [2.45, 2.75) is 12.5 Å². The van der Waals surface area contributed by atoms with Crippen molar-refractivity contribution in [3.8, 4) is 11.3 Å². The molecule has 0 unspecified atom stereocenters. The molecule has 0 bridgehead atoms. The fraction of sp³-hybridized carbons (Fsp3) is 0.211. The van der Waals surface area contributed by atoms with Crippen molar-refractivity contribution in [3.63, 3.8) is 0 Å². The van der Waals surface area contributed by atoms with Gasteiger partial charge < -0.3 is 0 Å². The molecule has 0 saturated carbocycles. The Morgan fingerprint density at radius 2 is 1.92 bits per heavy atom. The summed E-state index contributed by atoms with van der Waals surface area (Å²) in [7, 11) is 0. The van der Waals surface area contributed by atoms with Gasteiger partial charge in [-0.1, -0.05) is 47.7 Å². The minimum Gasteiger partial charge on any atom is -0.272 e. The van der Waals surface area contributed by atoms with E-state index in [-0.39, 0.29) is 24.2 Å². The van der Waals surface area contributed by atoms with Crippen molar-refractivity contribution in [2.24, 2.45) is 0 Å². The number of hydrogen-bond donors (Lipinski definition) is 0. The standard InChI is InChI=1S/C19H17FN4O2/c20-16-8-6-14(7-9-16)10-19(25)24-11-17(13-26-24)23-12-18(21-22-23)15-4-2-1-3-5-15/h1-9,12,17H,10-11,13H2/t17-/m1/s1. The largest absolute Gasteiger partial charge is 0.272 e. The van der Waals surface area contributed by atoms with Crippen molar-refractivity contribution in [1.29, 1.82) is 0 Å². The highest BCUT2D eigenvalue weighted by atomic mass is 19.1. The molecule has 1 aromatic heterocycles. The van der Waals surface area contributed by atoms with Crippen molar-refractivity contribution in [3.05, 3.63) is 72.2 Å². The first-order valence-electron chi connectivity index (χ1n) is 8.34. The van der Waals surface area contributed by atoms with E-state index in [4.69, 9.17) is 4.84 Å². The van der Waals surface area contributed by atoms with Gasteiger partial charge >= 0.3 is 0 Å². The second-order valence-electron chi connectivity index (χ2n) is 6.16. The summed E-state index contributed by atoms with van der Waals surface area (Å²) in [5, 5.41) is 9.71. The van der Waals surface area contributed by atoms with Crippen molar-refractivity contribution in [1.82, 2.24) is 20.1 Å². The molecule has 132 valence electrons. The Hall–Kier alpha value is -3.06. The summed E-state index contributed by atoms with van der Waals surface area (Å²) in [5.41, 5.74) is 2.51. The number of carbonyl (C=O) groups excluding carboxylic acids is 1. The number of aromatic nitrogens is 3. The van der Waals surface area contributed by atoms with E-state index in [1.54, 1.807) is 16.8 Å². The Morgan fingerprint density at radius 1 is 1.15 bits per heavy atom. The van der Waals surface area contributed by atoms with Crippen LogP contribution in [0.1, 0.15) is 11.6 Å². The fourth-order valence-electron chi connectivity index (χ4n) is 2.87. The molecule has 0 spiro atoms. The van der Waals surface area contributed by atoms with Crippen LogP contribution in [0.5, 0.6) is 0 Å². The summed E-state index contributed by atoms with van der Waals surface area (Å²) in [5.74, 6) is -0.485. The molecule has 6 nitrogen and oxygen atoms in total. The Kier molecular flexibility index (Phi) is 4.45. The van der Waals surface area contributed by atoms with Gasteiger partial charge in [0.2, 0.25) is 0 Å². The van der Waals surface area contributed by atoms with E-state index in [0.29, 0.717) is 13.2 Å². The quantitative estimate of drug-likeness (QED) is 0.724. The van der Waals surface area contributed by atoms with Crippen LogP contribution >= 0.6 is 0 Å². The lowest BCUT2D eigenvalue weighted by molar-refractivity contribution is -0.167. The van der Waals surface area contributed by atoms with Crippen LogP contribution in [0.3, 0.4) is 0 Å². The molecule has 0 N–H and O–H groups in total. The number of hydrogen-bond acceptors (Lipinski definition) is 4. The molecule has 1 aliphatic rings. The minimum absolute atomic E-state index is 0.0860. The van der Waals surface area contributed by atoms with Gasteiger partial charge in [-0.25, -0.2) is 14.1 Å². The Bertz CT molecular complexity index is 895. The maximum atomic E-state index is 13.0. The number of carbonyl (C=O) groups is 1. The third kappa shape index (κ3) is 3.48. The van der Waals surface area contributed by atoms with E-state index in [1.807, 2.05) is 36.5 Å². The van der Waals surface area contributed by atoms with E-state index < -0.39 is 0 Å². The number of benzene rings is 2. The average molecular weight is 352 g/mol. The molecule has 4 rings (SSSR count). The molecule has 3 aromatic rings. The summed E-state index contributed by atoms with van der Waals surface area (Å²) in [6.07, 6.45) is 2.02. The highest BCUT2D eigenvalue weighted by Gasteiger charge is 2.29. The molecule has 1 saturated heterocycles. The molecule has 0 aliphatic carbocycles. The summed E-state index contributed by atoms with van der Waals surface area (Å²) in [4.78, 5) is 17.9. The van der Waals surface area contributed by atoms with Crippen molar-refractivity contribution in [2.75, 3.05) is 13.2 Å². The average Bonchev–Trinajstić information content (AvgIpc) is 3.34. The van der Waals surface area contributed by atoms with Crippen molar-refractivity contribution < 1.29 is 14.0 Å². The number of amides is 1. The topological polar surface area (TPSA) is 60.2 Å². The fourth-order valence-corrected chi connectivity index (χ4v) is 2.87. The van der Waals surface area contributed by atoms with Crippen LogP contribution in [0.4, 0.5) is 4.39 Å². The SMILES string of the molecule is O=C(Cc1ccc(F)cc1)N1C[C@@H](n2cc(-c3ccccc3)nn2)CO1. The lowest BCUT2D eigenvalue weighted by Crippen LogP contribution is -2.29. The number of nitrogens with zero attached hydrogens (tertiary/aromatic N) is 4. The minimum atomic E-state index is -0.320. The first-order valence-corrected chi connectivity index (χ1v) is 8.34. The van der Waals surface area contributed by atoms with Gasteiger partial charge in [-0.3, -0.25) is 9.63 Å². The summed E-state index contributed by atoms with van der Waals surface area (Å²) in [6.45, 7) is 0.754. The zero-order valence-electron chi connectivity index (χ0n) is 14.0. The normalized spacial score (nSPS) is 16.8. The second-order valence-corrected chi connectivity index (χ2v) is 6.16. The van der Waals surface area contributed by atoms with Crippen LogP contribution in [0.15, 0.2) is 60.8 Å². The molecule has 1 fully saturated rings. The first kappa shape index (κ1) is 16.4. The Balaban J connectivity index is 1.40. The predicted molar refractivity (Wildman–Crippen MR) is 92.3 cm³/mol. The highest BCUT2D eigenvalue weighted by molar-refractivity contribution is 5.78. The van der Waals surface area contributed by atoms with Crippen LogP contribution in [-0.2, 0) is 16.1 Å². The summed E-state index contributed by atoms with van der Waals surface area (Å²) >= 11 is 0. The van der Waals surface area contributed by atoms with E-state index in [0.717, 1.165) is 16.8 Å². The van der Waals surface area contributed by atoms with Gasteiger partial charge in [-0.05, 0) is 17.7 Å². The van der Waals surface area contributed by atoms with E-state index >= 15 is 0 Å². The third-order valence-electron chi connectivity index (χ3n) is 4.30. The first-order chi connectivity index (χ1) is 12.7.